The van der Waals surface area contributed by atoms with Crippen molar-refractivity contribution in [1.82, 2.24) is 4.90 Å². The molecule has 0 amide bonds. The second-order valence-electron chi connectivity index (χ2n) is 5.39. The van der Waals surface area contributed by atoms with Crippen molar-refractivity contribution in [1.29, 1.82) is 0 Å². The Balaban J connectivity index is 1.82. The van der Waals surface area contributed by atoms with Crippen molar-refractivity contribution >= 4 is 19.7 Å². The van der Waals surface area contributed by atoms with E-state index >= 15 is 0 Å². The molecule has 2 unspecified atom stereocenters. The van der Waals surface area contributed by atoms with Crippen LogP contribution in [-0.2, 0) is 9.05 Å². The molecule has 0 aromatic rings. The van der Waals surface area contributed by atoms with Crippen molar-refractivity contribution in [3.63, 3.8) is 0 Å². The molecule has 0 radical (unpaired) electrons. The van der Waals surface area contributed by atoms with Crippen molar-refractivity contribution in [2.24, 2.45) is 5.92 Å². The Kier molecular flexibility index (Phi) is 4.72. The maximum Gasteiger partial charge on any atom is 0.232 e. The number of rotatable bonds is 4. The second-order valence-corrected chi connectivity index (χ2v) is 8.28. The van der Waals surface area contributed by atoms with Crippen molar-refractivity contribution in [2.75, 3.05) is 18.8 Å². The summed E-state index contributed by atoms with van der Waals surface area (Å²) in [6.45, 7) is 2.04. The maximum atomic E-state index is 10.9. The van der Waals surface area contributed by atoms with E-state index in [1.807, 2.05) is 0 Å². The molecule has 3 nitrogen and oxygen atoms in total. The molecule has 1 aliphatic heterocycles. The topological polar surface area (TPSA) is 37.4 Å². The molecule has 1 saturated heterocycles. The third-order valence-electron chi connectivity index (χ3n) is 4.19. The van der Waals surface area contributed by atoms with E-state index in [-0.39, 0.29) is 5.75 Å². The summed E-state index contributed by atoms with van der Waals surface area (Å²) >= 11 is 0. The molecule has 0 spiro atoms. The molecule has 0 aromatic heterocycles. The van der Waals surface area contributed by atoms with Gasteiger partial charge in [-0.3, -0.25) is 0 Å². The summed E-state index contributed by atoms with van der Waals surface area (Å²) in [5, 5.41) is 0. The molecule has 5 heteroatoms. The molecule has 17 heavy (non-hydrogen) atoms. The van der Waals surface area contributed by atoms with Gasteiger partial charge in [-0.25, -0.2) is 8.42 Å². The molecule has 2 aliphatic rings. The van der Waals surface area contributed by atoms with Gasteiger partial charge in [0.05, 0.1) is 5.75 Å². The largest absolute Gasteiger partial charge is 0.300 e. The fraction of sp³-hybridized carbons (Fsp3) is 1.00. The van der Waals surface area contributed by atoms with Gasteiger partial charge < -0.3 is 4.90 Å². The molecule has 2 rings (SSSR count). The first kappa shape index (κ1) is 13.6. The molecule has 2 fully saturated rings. The predicted octanol–water partition coefficient (Wildman–Crippen LogP) is 2.60. The van der Waals surface area contributed by atoms with Gasteiger partial charge in [-0.15, -0.1) is 0 Å². The molecule has 2 atom stereocenters. The predicted molar refractivity (Wildman–Crippen MR) is 70.8 cm³/mol. The zero-order chi connectivity index (χ0) is 12.3. The van der Waals surface area contributed by atoms with E-state index in [9.17, 15) is 8.42 Å². The van der Waals surface area contributed by atoms with E-state index in [4.69, 9.17) is 10.7 Å². The highest BCUT2D eigenvalue weighted by Crippen LogP contribution is 2.35. The molecule has 1 heterocycles. The van der Waals surface area contributed by atoms with Crippen LogP contribution >= 0.6 is 10.7 Å². The summed E-state index contributed by atoms with van der Waals surface area (Å²) in [4.78, 5) is 2.51. The fourth-order valence-corrected chi connectivity index (χ4v) is 4.25. The van der Waals surface area contributed by atoms with Gasteiger partial charge in [-0.2, -0.15) is 0 Å². The van der Waals surface area contributed by atoms with Crippen molar-refractivity contribution in [3.05, 3.63) is 0 Å². The molecule has 0 aromatic carbocycles. The highest BCUT2D eigenvalue weighted by molar-refractivity contribution is 8.13. The average Bonchev–Trinajstić information content (AvgIpc) is 2.28. The first-order chi connectivity index (χ1) is 8.06. The van der Waals surface area contributed by atoms with Crippen LogP contribution in [0, 0.1) is 5.92 Å². The summed E-state index contributed by atoms with van der Waals surface area (Å²) in [7, 11) is 1.93. The van der Waals surface area contributed by atoms with Gasteiger partial charge in [-0.05, 0) is 51.1 Å². The molecule has 100 valence electrons. The summed E-state index contributed by atoms with van der Waals surface area (Å²) in [5.41, 5.74) is 0. The van der Waals surface area contributed by atoms with Gasteiger partial charge >= 0.3 is 0 Å². The third kappa shape index (κ3) is 4.11. The number of hydrogen-bond acceptors (Lipinski definition) is 3. The maximum absolute atomic E-state index is 10.9. The second kappa shape index (κ2) is 5.89. The van der Waals surface area contributed by atoms with Gasteiger partial charge in [0.15, 0.2) is 0 Å². The van der Waals surface area contributed by atoms with E-state index in [0.717, 1.165) is 25.0 Å². The SMILES string of the molecule is O=S(=O)(Cl)CCCN1CCCC2CCCCC21. The summed E-state index contributed by atoms with van der Waals surface area (Å²) in [6, 6.07) is 0.718. The van der Waals surface area contributed by atoms with Crippen LogP contribution in [0.1, 0.15) is 44.9 Å². The van der Waals surface area contributed by atoms with Crippen molar-refractivity contribution in [2.45, 2.75) is 51.0 Å². The van der Waals surface area contributed by atoms with Gasteiger partial charge in [0.2, 0.25) is 9.05 Å². The molecule has 0 N–H and O–H groups in total. The summed E-state index contributed by atoms with van der Waals surface area (Å²) in [5.74, 6) is 0.979. The normalized spacial score (nSPS) is 31.1. The zero-order valence-electron chi connectivity index (χ0n) is 10.3. The van der Waals surface area contributed by atoms with E-state index in [1.54, 1.807) is 0 Å². The monoisotopic (exact) mass is 279 g/mol. The average molecular weight is 280 g/mol. The Morgan fingerprint density at radius 2 is 1.82 bits per heavy atom. The quantitative estimate of drug-likeness (QED) is 0.743. The van der Waals surface area contributed by atoms with Crippen molar-refractivity contribution in [3.8, 4) is 0 Å². The fourth-order valence-electron chi connectivity index (χ4n) is 3.45. The molecule has 1 aliphatic carbocycles. The van der Waals surface area contributed by atoms with Crippen LogP contribution in [0.25, 0.3) is 0 Å². The number of nitrogens with zero attached hydrogens (tertiary/aromatic N) is 1. The lowest BCUT2D eigenvalue weighted by Crippen LogP contribution is -2.47. The summed E-state index contributed by atoms with van der Waals surface area (Å²) in [6.07, 6.45) is 8.71. The van der Waals surface area contributed by atoms with Gasteiger partial charge in [0.1, 0.15) is 0 Å². The Morgan fingerprint density at radius 1 is 1.12 bits per heavy atom. The van der Waals surface area contributed by atoms with Crippen LogP contribution < -0.4 is 0 Å². The van der Waals surface area contributed by atoms with Crippen LogP contribution in [0.5, 0.6) is 0 Å². The van der Waals surface area contributed by atoms with Crippen molar-refractivity contribution < 1.29 is 8.42 Å². The molecular weight excluding hydrogens is 258 g/mol. The van der Waals surface area contributed by atoms with E-state index in [0.29, 0.717) is 6.42 Å². The zero-order valence-corrected chi connectivity index (χ0v) is 11.8. The van der Waals surface area contributed by atoms with Gasteiger partial charge in [0.25, 0.3) is 0 Å². The highest BCUT2D eigenvalue weighted by Gasteiger charge is 2.32. The van der Waals surface area contributed by atoms with Crippen LogP contribution in [0.4, 0.5) is 0 Å². The smallest absolute Gasteiger partial charge is 0.232 e. The number of fused-ring (bicyclic) bond motifs is 1. The van der Waals surface area contributed by atoms with Gasteiger partial charge in [-0.1, -0.05) is 12.8 Å². The Labute approximate surface area is 109 Å². The Bertz CT molecular complexity index is 342. The Hall–Kier alpha value is 0.200. The number of piperidine rings is 1. The third-order valence-corrected chi connectivity index (χ3v) is 5.43. The minimum Gasteiger partial charge on any atom is -0.300 e. The Morgan fingerprint density at radius 3 is 2.59 bits per heavy atom. The van der Waals surface area contributed by atoms with Crippen LogP contribution in [0.15, 0.2) is 0 Å². The lowest BCUT2D eigenvalue weighted by Gasteiger charge is -2.44. The first-order valence-corrected chi connectivity index (χ1v) is 9.20. The van der Waals surface area contributed by atoms with Crippen LogP contribution in [-0.4, -0.2) is 38.2 Å². The van der Waals surface area contributed by atoms with E-state index in [1.165, 1.54) is 38.5 Å². The lowest BCUT2D eigenvalue weighted by molar-refractivity contribution is 0.0613. The number of hydrogen-bond donors (Lipinski definition) is 0. The molecule has 1 saturated carbocycles. The summed E-state index contributed by atoms with van der Waals surface area (Å²) < 4.78 is 21.8. The van der Waals surface area contributed by atoms with E-state index in [2.05, 4.69) is 4.90 Å². The number of likely N-dealkylation sites (tertiary alicyclic amines) is 1. The highest BCUT2D eigenvalue weighted by atomic mass is 35.7. The molecule has 0 bridgehead atoms. The minimum absolute atomic E-state index is 0.114. The van der Waals surface area contributed by atoms with Gasteiger partial charge in [0, 0.05) is 16.7 Å². The van der Waals surface area contributed by atoms with Crippen LogP contribution in [0.3, 0.4) is 0 Å². The van der Waals surface area contributed by atoms with E-state index < -0.39 is 9.05 Å². The first-order valence-electron chi connectivity index (χ1n) is 6.73. The van der Waals surface area contributed by atoms with Crippen LogP contribution in [0.2, 0.25) is 0 Å². The minimum atomic E-state index is -3.31. The number of halogens is 1. The lowest BCUT2D eigenvalue weighted by atomic mass is 9.78. The molecular formula is C12H22ClNO2S. The standard InChI is InChI=1S/C12H22ClNO2S/c13-17(15,16)10-4-9-14-8-3-6-11-5-1-2-7-12(11)14/h11-12H,1-10H2.